The molecule has 0 spiro atoms. The zero-order valence-corrected chi connectivity index (χ0v) is 9.02. The van der Waals surface area contributed by atoms with Gasteiger partial charge in [-0.1, -0.05) is 32.9 Å². The van der Waals surface area contributed by atoms with Gasteiger partial charge in [-0.3, -0.25) is 0 Å². The molecule has 1 aromatic carbocycles. The summed E-state index contributed by atoms with van der Waals surface area (Å²) in [5.74, 6) is 0.519. The Labute approximate surface area is 81.0 Å². The Morgan fingerprint density at radius 1 is 1.31 bits per heavy atom. The molecule has 0 atom stereocenters. The lowest BCUT2D eigenvalue weighted by Gasteiger charge is -2.13. The predicted molar refractivity (Wildman–Crippen MR) is 59.1 cm³/mol. The van der Waals surface area contributed by atoms with Gasteiger partial charge in [0.05, 0.1) is 0 Å². The highest BCUT2D eigenvalue weighted by atomic mass is 14.6. The molecular formula is C12H19N. The highest BCUT2D eigenvalue weighted by Gasteiger charge is 2.07. The van der Waals surface area contributed by atoms with Crippen LogP contribution in [0.1, 0.15) is 43.4 Å². The van der Waals surface area contributed by atoms with Gasteiger partial charge in [0.25, 0.3) is 0 Å². The molecule has 0 aromatic heterocycles. The van der Waals surface area contributed by atoms with Crippen molar-refractivity contribution in [1.29, 1.82) is 0 Å². The minimum absolute atomic E-state index is 0.519. The summed E-state index contributed by atoms with van der Waals surface area (Å²) >= 11 is 0. The first-order valence-corrected chi connectivity index (χ1v) is 4.95. The summed E-state index contributed by atoms with van der Waals surface area (Å²) in [4.78, 5) is 0. The monoisotopic (exact) mass is 177 g/mol. The zero-order valence-electron chi connectivity index (χ0n) is 9.02. The van der Waals surface area contributed by atoms with Gasteiger partial charge in [-0.05, 0) is 36.0 Å². The molecule has 2 N–H and O–H groups in total. The maximum absolute atomic E-state index is 6.01. The highest BCUT2D eigenvalue weighted by molar-refractivity contribution is 5.56. The molecule has 0 aliphatic carbocycles. The van der Waals surface area contributed by atoms with Crippen molar-refractivity contribution in [3.05, 3.63) is 28.8 Å². The molecule has 0 radical (unpaired) electrons. The molecule has 1 heteroatoms. The summed E-state index contributed by atoms with van der Waals surface area (Å²) in [6.45, 7) is 8.63. The standard InChI is InChI=1S/C12H19N/c1-5-10-6-9(4)12(13)11(7-10)8(2)3/h6-8H,5,13H2,1-4H3. The minimum Gasteiger partial charge on any atom is -0.398 e. The Bertz CT molecular complexity index is 300. The molecule has 0 aliphatic rings. The van der Waals surface area contributed by atoms with E-state index in [9.17, 15) is 0 Å². The van der Waals surface area contributed by atoms with E-state index >= 15 is 0 Å². The molecule has 0 heterocycles. The third kappa shape index (κ3) is 2.03. The van der Waals surface area contributed by atoms with Crippen LogP contribution in [0.2, 0.25) is 0 Å². The number of anilines is 1. The zero-order chi connectivity index (χ0) is 10.0. The number of rotatable bonds is 2. The average molecular weight is 177 g/mol. The highest BCUT2D eigenvalue weighted by Crippen LogP contribution is 2.26. The fourth-order valence-corrected chi connectivity index (χ4v) is 1.58. The summed E-state index contributed by atoms with van der Waals surface area (Å²) < 4.78 is 0. The van der Waals surface area contributed by atoms with E-state index in [1.807, 2.05) is 0 Å². The van der Waals surface area contributed by atoms with Crippen LogP contribution in [0.4, 0.5) is 5.69 Å². The molecule has 0 amide bonds. The van der Waals surface area contributed by atoms with Crippen LogP contribution in [0.15, 0.2) is 12.1 Å². The second-order valence-corrected chi connectivity index (χ2v) is 3.92. The quantitative estimate of drug-likeness (QED) is 0.689. The largest absolute Gasteiger partial charge is 0.398 e. The number of hydrogen-bond donors (Lipinski definition) is 1. The van der Waals surface area contributed by atoms with E-state index in [1.54, 1.807) is 0 Å². The van der Waals surface area contributed by atoms with Crippen LogP contribution >= 0.6 is 0 Å². The van der Waals surface area contributed by atoms with Crippen molar-refractivity contribution in [2.24, 2.45) is 0 Å². The van der Waals surface area contributed by atoms with Crippen molar-refractivity contribution in [1.82, 2.24) is 0 Å². The fraction of sp³-hybridized carbons (Fsp3) is 0.500. The van der Waals surface area contributed by atoms with Gasteiger partial charge in [0.15, 0.2) is 0 Å². The molecule has 72 valence electrons. The second kappa shape index (κ2) is 3.82. The van der Waals surface area contributed by atoms with E-state index in [0.29, 0.717) is 5.92 Å². The molecule has 0 unspecified atom stereocenters. The first kappa shape index (κ1) is 10.1. The molecule has 0 saturated heterocycles. The average Bonchev–Trinajstić information content (AvgIpc) is 2.09. The van der Waals surface area contributed by atoms with Crippen LogP contribution in [0.25, 0.3) is 0 Å². The summed E-state index contributed by atoms with van der Waals surface area (Å²) in [6, 6.07) is 4.41. The number of benzene rings is 1. The molecule has 0 saturated carbocycles. The van der Waals surface area contributed by atoms with E-state index in [4.69, 9.17) is 5.73 Å². The van der Waals surface area contributed by atoms with Crippen molar-refractivity contribution >= 4 is 5.69 Å². The van der Waals surface area contributed by atoms with Gasteiger partial charge in [-0.2, -0.15) is 0 Å². The summed E-state index contributed by atoms with van der Waals surface area (Å²) in [5.41, 5.74) is 10.9. The van der Waals surface area contributed by atoms with Gasteiger partial charge in [0.1, 0.15) is 0 Å². The molecule has 0 fully saturated rings. The first-order valence-electron chi connectivity index (χ1n) is 4.95. The lowest BCUT2D eigenvalue weighted by molar-refractivity contribution is 0.864. The van der Waals surface area contributed by atoms with E-state index in [1.165, 1.54) is 16.7 Å². The molecule has 13 heavy (non-hydrogen) atoms. The normalized spacial score (nSPS) is 10.8. The Hall–Kier alpha value is -0.980. The van der Waals surface area contributed by atoms with Crippen LogP contribution in [0.5, 0.6) is 0 Å². The smallest absolute Gasteiger partial charge is 0.0379 e. The summed E-state index contributed by atoms with van der Waals surface area (Å²) in [7, 11) is 0. The van der Waals surface area contributed by atoms with Crippen molar-refractivity contribution in [3.63, 3.8) is 0 Å². The number of nitrogens with two attached hydrogens (primary N) is 1. The van der Waals surface area contributed by atoms with E-state index < -0.39 is 0 Å². The van der Waals surface area contributed by atoms with Crippen LogP contribution in [-0.2, 0) is 6.42 Å². The van der Waals surface area contributed by atoms with Crippen LogP contribution in [0.3, 0.4) is 0 Å². The Morgan fingerprint density at radius 2 is 1.92 bits per heavy atom. The first-order chi connectivity index (χ1) is 6.06. The maximum Gasteiger partial charge on any atom is 0.0379 e. The Kier molecular flexibility index (Phi) is 2.97. The summed E-state index contributed by atoms with van der Waals surface area (Å²) in [6.07, 6.45) is 1.08. The number of nitrogen functional groups attached to an aromatic ring is 1. The van der Waals surface area contributed by atoms with Gasteiger partial charge in [-0.15, -0.1) is 0 Å². The Balaban J connectivity index is 3.25. The number of aryl methyl sites for hydroxylation is 2. The predicted octanol–water partition coefficient (Wildman–Crippen LogP) is 3.26. The van der Waals surface area contributed by atoms with E-state index in [-0.39, 0.29) is 0 Å². The van der Waals surface area contributed by atoms with Crippen LogP contribution < -0.4 is 5.73 Å². The van der Waals surface area contributed by atoms with Crippen molar-refractivity contribution in [3.8, 4) is 0 Å². The van der Waals surface area contributed by atoms with Gasteiger partial charge >= 0.3 is 0 Å². The summed E-state index contributed by atoms with van der Waals surface area (Å²) in [5, 5.41) is 0. The van der Waals surface area contributed by atoms with Crippen LogP contribution in [-0.4, -0.2) is 0 Å². The molecule has 0 bridgehead atoms. The number of hydrogen-bond acceptors (Lipinski definition) is 1. The second-order valence-electron chi connectivity index (χ2n) is 3.92. The topological polar surface area (TPSA) is 26.0 Å². The van der Waals surface area contributed by atoms with Crippen LogP contribution in [0, 0.1) is 6.92 Å². The van der Waals surface area contributed by atoms with Crippen molar-refractivity contribution < 1.29 is 0 Å². The van der Waals surface area contributed by atoms with Gasteiger partial charge in [-0.25, -0.2) is 0 Å². The maximum atomic E-state index is 6.01. The van der Waals surface area contributed by atoms with E-state index in [0.717, 1.165) is 12.1 Å². The minimum atomic E-state index is 0.519. The Morgan fingerprint density at radius 3 is 2.38 bits per heavy atom. The van der Waals surface area contributed by atoms with Gasteiger partial charge in [0.2, 0.25) is 0 Å². The fourth-order valence-electron chi connectivity index (χ4n) is 1.58. The molecule has 1 rings (SSSR count). The lowest BCUT2D eigenvalue weighted by Crippen LogP contribution is -2.00. The molecule has 1 aromatic rings. The van der Waals surface area contributed by atoms with Gasteiger partial charge in [0, 0.05) is 5.69 Å². The van der Waals surface area contributed by atoms with Crippen molar-refractivity contribution in [2.75, 3.05) is 5.73 Å². The molecular weight excluding hydrogens is 158 g/mol. The molecule has 0 aliphatic heterocycles. The molecule has 1 nitrogen and oxygen atoms in total. The van der Waals surface area contributed by atoms with Crippen molar-refractivity contribution in [2.45, 2.75) is 40.0 Å². The SMILES string of the molecule is CCc1cc(C)c(N)c(C(C)C)c1. The lowest BCUT2D eigenvalue weighted by atomic mass is 9.95. The third-order valence-electron chi connectivity index (χ3n) is 2.51. The third-order valence-corrected chi connectivity index (χ3v) is 2.51. The van der Waals surface area contributed by atoms with E-state index in [2.05, 4.69) is 39.8 Å². The van der Waals surface area contributed by atoms with Gasteiger partial charge < -0.3 is 5.73 Å².